The molecule has 0 heterocycles. The second-order valence-corrected chi connectivity index (χ2v) is 2.74. The number of para-hydroxylation sites is 1. The second kappa shape index (κ2) is 4.97. The van der Waals surface area contributed by atoms with Crippen molar-refractivity contribution in [3.63, 3.8) is 0 Å². The lowest BCUT2D eigenvalue weighted by molar-refractivity contribution is 0.909. The summed E-state index contributed by atoms with van der Waals surface area (Å²) in [7, 11) is 1.83. The molecule has 1 aromatic carbocycles. The Hall–Kier alpha value is -1.90. The first-order valence-corrected chi connectivity index (χ1v) is 4.26. The van der Waals surface area contributed by atoms with Crippen molar-refractivity contribution in [3.8, 4) is 0 Å². The van der Waals surface area contributed by atoms with Crippen LogP contribution in [0.2, 0.25) is 0 Å². The van der Waals surface area contributed by atoms with E-state index in [-0.39, 0.29) is 0 Å². The molecule has 0 amide bonds. The number of rotatable bonds is 4. The third kappa shape index (κ3) is 2.86. The first kappa shape index (κ1) is 10.2. The van der Waals surface area contributed by atoms with Crippen molar-refractivity contribution in [3.05, 3.63) is 55.3 Å². The minimum Gasteiger partial charge on any atom is -0.250 e. The van der Waals surface area contributed by atoms with Gasteiger partial charge < -0.3 is 0 Å². The highest BCUT2D eigenvalue weighted by Gasteiger charge is 1.95. The van der Waals surface area contributed by atoms with Gasteiger partial charge >= 0.3 is 0 Å². The molecule has 0 aliphatic rings. The van der Waals surface area contributed by atoms with E-state index >= 15 is 0 Å². The van der Waals surface area contributed by atoms with Gasteiger partial charge in [0.2, 0.25) is 0 Å². The molecule has 1 aromatic rings. The zero-order valence-electron chi connectivity index (χ0n) is 8.22. The van der Waals surface area contributed by atoms with E-state index in [1.54, 1.807) is 11.1 Å². The van der Waals surface area contributed by atoms with Crippen molar-refractivity contribution < 1.29 is 0 Å². The lowest BCUT2D eigenvalue weighted by Gasteiger charge is -2.10. The summed E-state index contributed by atoms with van der Waals surface area (Å²) in [5, 5.41) is 9.49. The van der Waals surface area contributed by atoms with Gasteiger partial charge in [0.1, 0.15) is 0 Å². The quantitative estimate of drug-likeness (QED) is 0.404. The molecule has 0 aromatic heterocycles. The summed E-state index contributed by atoms with van der Waals surface area (Å²) in [6.45, 7) is 7.17. The predicted molar refractivity (Wildman–Crippen MR) is 59.0 cm³/mol. The van der Waals surface area contributed by atoms with Crippen LogP contribution in [0.3, 0.4) is 0 Å². The smallest absolute Gasteiger partial charge is 0.0796 e. The number of hydrogen-bond acceptors (Lipinski definition) is 2. The minimum absolute atomic E-state index is 0.549. The summed E-state index contributed by atoms with van der Waals surface area (Å²) < 4.78 is 0. The van der Waals surface area contributed by atoms with Gasteiger partial charge in [0.15, 0.2) is 0 Å². The third-order valence-corrected chi connectivity index (χ3v) is 1.67. The molecule has 0 aliphatic heterocycles. The van der Waals surface area contributed by atoms with E-state index in [0.717, 1.165) is 5.69 Å². The molecule has 1 rings (SSSR count). The average Bonchev–Trinajstić information content (AvgIpc) is 2.26. The largest absolute Gasteiger partial charge is 0.250 e. The number of allylic oxidation sites excluding steroid dienone is 1. The fraction of sp³-hybridized carbons (Fsp3) is 0.0909. The molecule has 0 saturated heterocycles. The van der Waals surface area contributed by atoms with Gasteiger partial charge in [0.05, 0.1) is 11.4 Å². The van der Waals surface area contributed by atoms with Crippen molar-refractivity contribution in [2.24, 2.45) is 10.3 Å². The number of benzene rings is 1. The Morgan fingerprint density at radius 2 is 2.00 bits per heavy atom. The van der Waals surface area contributed by atoms with E-state index in [9.17, 15) is 0 Å². The molecule has 0 radical (unpaired) electrons. The summed E-state index contributed by atoms with van der Waals surface area (Å²) in [6, 6.07) is 9.76. The van der Waals surface area contributed by atoms with E-state index in [2.05, 4.69) is 23.5 Å². The molecule has 0 bridgehead atoms. The molecule has 0 N–H and O–H groups in total. The van der Waals surface area contributed by atoms with Crippen LogP contribution in [-0.4, -0.2) is 7.05 Å². The van der Waals surface area contributed by atoms with Gasteiger partial charge in [-0.05, 0) is 18.2 Å². The van der Waals surface area contributed by atoms with Crippen LogP contribution < -0.4 is 5.01 Å². The lowest BCUT2D eigenvalue weighted by Crippen LogP contribution is -2.06. The van der Waals surface area contributed by atoms with E-state index < -0.39 is 0 Å². The predicted octanol–water partition coefficient (Wildman–Crippen LogP) is 3.19. The number of nitrogens with zero attached hydrogens (tertiary/aromatic N) is 3. The van der Waals surface area contributed by atoms with Crippen molar-refractivity contribution >= 4 is 5.69 Å². The maximum Gasteiger partial charge on any atom is 0.0796 e. The van der Waals surface area contributed by atoms with Crippen LogP contribution >= 0.6 is 0 Å². The van der Waals surface area contributed by atoms with Gasteiger partial charge in [0.25, 0.3) is 0 Å². The Balaban J connectivity index is 2.68. The Kier molecular flexibility index (Phi) is 3.61. The zero-order valence-corrected chi connectivity index (χ0v) is 8.22. The van der Waals surface area contributed by atoms with Gasteiger partial charge in [-0.25, -0.2) is 5.01 Å². The maximum atomic E-state index is 3.95. The molecular weight excluding hydrogens is 174 g/mol. The monoisotopic (exact) mass is 187 g/mol. The van der Waals surface area contributed by atoms with Crippen LogP contribution in [-0.2, 0) is 0 Å². The minimum atomic E-state index is 0.549. The van der Waals surface area contributed by atoms with Gasteiger partial charge in [-0.15, -0.1) is 5.11 Å². The van der Waals surface area contributed by atoms with Crippen molar-refractivity contribution in [2.75, 3.05) is 12.1 Å². The van der Waals surface area contributed by atoms with E-state index in [1.165, 1.54) is 0 Å². The summed E-state index contributed by atoms with van der Waals surface area (Å²) in [5.74, 6) is 0. The van der Waals surface area contributed by atoms with Crippen molar-refractivity contribution in [1.29, 1.82) is 0 Å². The molecule has 0 aliphatic carbocycles. The topological polar surface area (TPSA) is 28.0 Å². The Bertz CT molecular complexity index is 341. The molecular formula is C11H13N3. The third-order valence-electron chi connectivity index (χ3n) is 1.67. The van der Waals surface area contributed by atoms with E-state index in [4.69, 9.17) is 0 Å². The van der Waals surface area contributed by atoms with Crippen LogP contribution in [0.25, 0.3) is 0 Å². The molecule has 3 nitrogen and oxygen atoms in total. The summed E-state index contributed by atoms with van der Waals surface area (Å²) in [6.07, 6.45) is 1.56. The highest BCUT2D eigenvalue weighted by Crippen LogP contribution is 2.11. The molecule has 0 spiro atoms. The van der Waals surface area contributed by atoms with Gasteiger partial charge in [-0.3, -0.25) is 0 Å². The highest BCUT2D eigenvalue weighted by atomic mass is 15.5. The molecule has 0 saturated carbocycles. The van der Waals surface area contributed by atoms with Gasteiger partial charge in [0, 0.05) is 7.05 Å². The fourth-order valence-corrected chi connectivity index (χ4v) is 0.861. The van der Waals surface area contributed by atoms with Crippen molar-refractivity contribution in [1.82, 2.24) is 0 Å². The number of hydrogen-bond donors (Lipinski definition) is 0. The first-order valence-electron chi connectivity index (χ1n) is 4.26. The lowest BCUT2D eigenvalue weighted by atomic mass is 10.3. The SMILES string of the molecule is C=CC(=C)/N=N\N(C)c1ccccc1. The summed E-state index contributed by atoms with van der Waals surface area (Å²) >= 11 is 0. The van der Waals surface area contributed by atoms with E-state index in [0.29, 0.717) is 5.70 Å². The number of anilines is 1. The first-order chi connectivity index (χ1) is 6.74. The molecule has 0 atom stereocenters. The summed E-state index contributed by atoms with van der Waals surface area (Å²) in [4.78, 5) is 0. The molecule has 3 heteroatoms. The molecule has 72 valence electrons. The highest BCUT2D eigenvalue weighted by molar-refractivity contribution is 5.43. The average molecular weight is 187 g/mol. The van der Waals surface area contributed by atoms with Crippen LogP contribution in [0.4, 0.5) is 5.69 Å². The Labute approximate surface area is 84.1 Å². The zero-order chi connectivity index (χ0) is 10.4. The molecule has 14 heavy (non-hydrogen) atoms. The fourth-order valence-electron chi connectivity index (χ4n) is 0.861. The summed E-state index contributed by atoms with van der Waals surface area (Å²) in [5.41, 5.74) is 1.53. The maximum absolute atomic E-state index is 3.95. The van der Waals surface area contributed by atoms with Crippen LogP contribution in [0.1, 0.15) is 0 Å². The Morgan fingerprint density at radius 1 is 1.36 bits per heavy atom. The van der Waals surface area contributed by atoms with Crippen LogP contribution in [0.15, 0.2) is 65.6 Å². The van der Waals surface area contributed by atoms with Crippen molar-refractivity contribution in [2.45, 2.75) is 0 Å². The standard InChI is InChI=1S/C11H13N3/c1-4-10(2)12-13-14(3)11-8-6-5-7-9-11/h4-9H,1-2H2,3H3/b13-12-. The second-order valence-electron chi connectivity index (χ2n) is 2.74. The normalized spacial score (nSPS) is 10.1. The molecule has 0 unspecified atom stereocenters. The van der Waals surface area contributed by atoms with Crippen LogP contribution in [0, 0.1) is 0 Å². The van der Waals surface area contributed by atoms with Gasteiger partial charge in [-0.2, -0.15) is 0 Å². The molecule has 0 fully saturated rings. The van der Waals surface area contributed by atoms with E-state index in [1.807, 2.05) is 37.4 Å². The van der Waals surface area contributed by atoms with Gasteiger partial charge in [-0.1, -0.05) is 36.6 Å². The Morgan fingerprint density at radius 3 is 2.57 bits per heavy atom. The van der Waals surface area contributed by atoms with Crippen LogP contribution in [0.5, 0.6) is 0 Å².